The SMILES string of the molecule is COc1ccc([C@H]2C(C#N)=C(SCC(=O)Nc3ccc(C)cc3)NC3=C2C(=O)CC(C)(C)C3)cc1OC. The second-order valence-corrected chi connectivity index (χ2v) is 11.0. The fraction of sp³-hybridized carbons (Fsp3) is 0.345. The minimum Gasteiger partial charge on any atom is -0.493 e. The zero-order chi connectivity index (χ0) is 26.7. The quantitative estimate of drug-likeness (QED) is 0.504. The number of carbonyl (C=O) groups is 2. The molecule has 1 amide bonds. The molecule has 2 aromatic carbocycles. The van der Waals surface area contributed by atoms with Gasteiger partial charge in [-0.3, -0.25) is 9.59 Å². The third-order valence-corrected chi connectivity index (χ3v) is 7.57. The summed E-state index contributed by atoms with van der Waals surface area (Å²) in [5, 5.41) is 17.1. The lowest BCUT2D eigenvalue weighted by Crippen LogP contribution is -2.37. The standard InChI is InChI=1S/C29H31N3O4S/c1-17-6-9-19(10-7-17)31-25(34)16-37-28-20(15-30)26(18-8-11-23(35-4)24(12-18)36-5)27-21(32-28)13-29(2,3)14-22(27)33/h6-12,26,32H,13-14,16H2,1-5H3,(H,31,34)/t26-/m0/s1. The van der Waals surface area contributed by atoms with Crippen LogP contribution in [0.25, 0.3) is 0 Å². The Hall–Kier alpha value is -3.70. The van der Waals surface area contributed by atoms with Crippen LogP contribution in [0.2, 0.25) is 0 Å². The lowest BCUT2D eigenvalue weighted by atomic mass is 9.69. The Morgan fingerprint density at radius 2 is 1.84 bits per heavy atom. The molecule has 0 spiro atoms. The Labute approximate surface area is 221 Å². The number of ketones is 1. The van der Waals surface area contributed by atoms with Gasteiger partial charge in [0, 0.05) is 23.4 Å². The van der Waals surface area contributed by atoms with Gasteiger partial charge in [-0.1, -0.05) is 49.4 Å². The molecular formula is C29H31N3O4S. The minimum atomic E-state index is -0.563. The van der Waals surface area contributed by atoms with E-state index >= 15 is 0 Å². The lowest BCUT2D eigenvalue weighted by Gasteiger charge is -2.39. The maximum atomic E-state index is 13.4. The van der Waals surface area contributed by atoms with Gasteiger partial charge in [0.25, 0.3) is 0 Å². The molecule has 2 N–H and O–H groups in total. The highest BCUT2D eigenvalue weighted by Gasteiger charge is 2.42. The summed E-state index contributed by atoms with van der Waals surface area (Å²) in [5.41, 5.74) is 4.20. The average Bonchev–Trinajstić information content (AvgIpc) is 2.86. The zero-order valence-electron chi connectivity index (χ0n) is 21.7. The number of methoxy groups -OCH3 is 2. The van der Waals surface area contributed by atoms with E-state index in [9.17, 15) is 14.9 Å². The normalized spacial score (nSPS) is 18.5. The van der Waals surface area contributed by atoms with E-state index in [4.69, 9.17) is 9.47 Å². The van der Waals surface area contributed by atoms with Gasteiger partial charge in [0.2, 0.25) is 5.91 Å². The van der Waals surface area contributed by atoms with Gasteiger partial charge < -0.3 is 20.1 Å². The van der Waals surface area contributed by atoms with E-state index < -0.39 is 5.92 Å². The van der Waals surface area contributed by atoms with Crippen LogP contribution in [0.4, 0.5) is 5.69 Å². The molecule has 1 heterocycles. The van der Waals surface area contributed by atoms with Crippen molar-refractivity contribution in [2.45, 2.75) is 39.5 Å². The summed E-state index contributed by atoms with van der Waals surface area (Å²) < 4.78 is 10.9. The highest BCUT2D eigenvalue weighted by Crippen LogP contribution is 2.48. The number of aryl methyl sites for hydroxylation is 1. The number of benzene rings is 2. The summed E-state index contributed by atoms with van der Waals surface area (Å²) >= 11 is 1.27. The number of carbonyl (C=O) groups excluding carboxylic acids is 2. The van der Waals surface area contributed by atoms with Crippen LogP contribution in [0, 0.1) is 23.7 Å². The van der Waals surface area contributed by atoms with E-state index in [-0.39, 0.29) is 22.9 Å². The number of dihydropyridines is 1. The average molecular weight is 518 g/mol. The van der Waals surface area contributed by atoms with Gasteiger partial charge in [-0.15, -0.1) is 0 Å². The van der Waals surface area contributed by atoms with Gasteiger partial charge in [0.1, 0.15) is 0 Å². The third-order valence-electron chi connectivity index (χ3n) is 6.55. The molecule has 2 aromatic rings. The first kappa shape index (κ1) is 26.4. The molecular weight excluding hydrogens is 486 g/mol. The first-order valence-corrected chi connectivity index (χ1v) is 13.0. The number of Topliss-reactive ketones (excluding diaryl/α,β-unsaturated/α-hetero) is 1. The van der Waals surface area contributed by atoms with Crippen LogP contribution >= 0.6 is 11.8 Å². The van der Waals surface area contributed by atoms with E-state index in [1.807, 2.05) is 43.3 Å². The van der Waals surface area contributed by atoms with Gasteiger partial charge in [-0.05, 0) is 48.6 Å². The third kappa shape index (κ3) is 5.67. The topological polar surface area (TPSA) is 100 Å². The van der Waals surface area contributed by atoms with Gasteiger partial charge >= 0.3 is 0 Å². The second kappa shape index (κ2) is 10.7. The van der Waals surface area contributed by atoms with E-state index in [1.54, 1.807) is 20.3 Å². The molecule has 0 aromatic heterocycles. The molecule has 1 aliphatic heterocycles. The van der Waals surface area contributed by atoms with Crippen molar-refractivity contribution in [1.29, 1.82) is 5.26 Å². The Morgan fingerprint density at radius 3 is 2.49 bits per heavy atom. The molecule has 0 saturated heterocycles. The molecule has 192 valence electrons. The van der Waals surface area contributed by atoms with Crippen molar-refractivity contribution >= 4 is 29.1 Å². The van der Waals surface area contributed by atoms with Crippen LogP contribution in [0.5, 0.6) is 11.5 Å². The highest BCUT2D eigenvalue weighted by atomic mass is 32.2. The number of thioether (sulfide) groups is 1. The Morgan fingerprint density at radius 1 is 1.14 bits per heavy atom. The molecule has 37 heavy (non-hydrogen) atoms. The summed E-state index contributed by atoms with van der Waals surface area (Å²) in [4.78, 5) is 26.1. The number of hydrogen-bond donors (Lipinski definition) is 2. The summed E-state index contributed by atoms with van der Waals surface area (Å²) in [6, 6.07) is 15.4. The molecule has 7 nitrogen and oxygen atoms in total. The molecule has 1 aliphatic carbocycles. The molecule has 0 unspecified atom stereocenters. The fourth-order valence-corrected chi connectivity index (χ4v) is 5.69. The van der Waals surface area contributed by atoms with Crippen LogP contribution < -0.4 is 20.1 Å². The molecule has 4 rings (SSSR count). The van der Waals surface area contributed by atoms with Crippen molar-refractivity contribution in [3.63, 3.8) is 0 Å². The number of nitrogens with zero attached hydrogens (tertiary/aromatic N) is 1. The maximum absolute atomic E-state index is 13.4. The van der Waals surface area contributed by atoms with Crippen LogP contribution in [0.15, 0.2) is 64.3 Å². The largest absolute Gasteiger partial charge is 0.493 e. The number of anilines is 1. The van der Waals surface area contributed by atoms with Crippen molar-refractivity contribution < 1.29 is 19.1 Å². The monoisotopic (exact) mass is 517 g/mol. The zero-order valence-corrected chi connectivity index (χ0v) is 22.5. The van der Waals surface area contributed by atoms with Crippen molar-refractivity contribution in [2.75, 3.05) is 25.3 Å². The summed E-state index contributed by atoms with van der Waals surface area (Å²) in [7, 11) is 3.12. The van der Waals surface area contributed by atoms with Crippen molar-refractivity contribution in [2.24, 2.45) is 5.41 Å². The van der Waals surface area contributed by atoms with Crippen molar-refractivity contribution in [3.8, 4) is 17.6 Å². The van der Waals surface area contributed by atoms with E-state index in [1.165, 1.54) is 11.8 Å². The first-order chi connectivity index (χ1) is 17.7. The Balaban J connectivity index is 1.69. The summed E-state index contributed by atoms with van der Waals surface area (Å²) in [6.45, 7) is 6.11. The minimum absolute atomic E-state index is 0.0208. The molecule has 0 bridgehead atoms. The van der Waals surface area contributed by atoms with Crippen LogP contribution in [0.3, 0.4) is 0 Å². The van der Waals surface area contributed by atoms with Gasteiger partial charge in [0.15, 0.2) is 17.3 Å². The number of rotatable bonds is 7. The Kier molecular flexibility index (Phi) is 7.65. The maximum Gasteiger partial charge on any atom is 0.234 e. The number of nitrogens with one attached hydrogen (secondary N) is 2. The lowest BCUT2D eigenvalue weighted by molar-refractivity contribution is -0.118. The van der Waals surface area contributed by atoms with E-state index in [0.717, 1.165) is 22.5 Å². The van der Waals surface area contributed by atoms with Crippen molar-refractivity contribution in [1.82, 2.24) is 5.32 Å². The molecule has 8 heteroatoms. The van der Waals surface area contributed by atoms with E-state index in [0.29, 0.717) is 40.5 Å². The number of hydrogen-bond acceptors (Lipinski definition) is 7. The van der Waals surface area contributed by atoms with Crippen LogP contribution in [0.1, 0.15) is 43.7 Å². The van der Waals surface area contributed by atoms with Gasteiger partial charge in [-0.25, -0.2) is 0 Å². The molecule has 0 saturated carbocycles. The fourth-order valence-electron chi connectivity index (χ4n) is 4.83. The Bertz CT molecular complexity index is 1340. The molecule has 2 aliphatic rings. The summed E-state index contributed by atoms with van der Waals surface area (Å²) in [6.07, 6.45) is 1.06. The first-order valence-electron chi connectivity index (χ1n) is 12.0. The van der Waals surface area contributed by atoms with Crippen LogP contribution in [-0.2, 0) is 9.59 Å². The van der Waals surface area contributed by atoms with Gasteiger partial charge in [-0.2, -0.15) is 5.26 Å². The predicted molar refractivity (Wildman–Crippen MR) is 145 cm³/mol. The summed E-state index contributed by atoms with van der Waals surface area (Å²) in [5.74, 6) is 0.478. The highest BCUT2D eigenvalue weighted by molar-refractivity contribution is 8.03. The molecule has 0 radical (unpaired) electrons. The smallest absolute Gasteiger partial charge is 0.234 e. The molecule has 1 atom stereocenters. The number of allylic oxidation sites excluding steroid dienone is 3. The van der Waals surface area contributed by atoms with Crippen LogP contribution in [-0.4, -0.2) is 31.7 Å². The number of ether oxygens (including phenoxy) is 2. The molecule has 0 fully saturated rings. The number of amides is 1. The predicted octanol–water partition coefficient (Wildman–Crippen LogP) is 5.45. The number of nitriles is 1. The van der Waals surface area contributed by atoms with E-state index in [2.05, 4.69) is 30.6 Å². The second-order valence-electron chi connectivity index (χ2n) is 10.1. The van der Waals surface area contributed by atoms with Crippen molar-refractivity contribution in [3.05, 3.63) is 75.5 Å². The van der Waals surface area contributed by atoms with Gasteiger partial charge in [0.05, 0.1) is 42.6 Å².